The highest BCUT2D eigenvalue weighted by Gasteiger charge is 2.28. The van der Waals surface area contributed by atoms with Gasteiger partial charge in [-0.1, -0.05) is 0 Å². The van der Waals surface area contributed by atoms with E-state index < -0.39 is 0 Å². The quantitative estimate of drug-likeness (QED) is 0.875. The average molecular weight is 239 g/mol. The van der Waals surface area contributed by atoms with Gasteiger partial charge in [-0.2, -0.15) is 0 Å². The topological polar surface area (TPSA) is 28.2 Å². The second kappa shape index (κ2) is 4.82. The summed E-state index contributed by atoms with van der Waals surface area (Å²) in [6.45, 7) is 7.84. The molecule has 1 aromatic heterocycles. The maximum atomic E-state index is 4.31. The number of hydrogen-bond donors (Lipinski definition) is 1. The maximum absolute atomic E-state index is 4.31. The molecule has 1 N–H and O–H groups in total. The normalized spacial score (nSPS) is 21.2. The second-order valence-corrected chi connectivity index (χ2v) is 6.25. The first-order valence-electron chi connectivity index (χ1n) is 5.94. The summed E-state index contributed by atoms with van der Waals surface area (Å²) < 4.78 is 0. The Labute approximate surface area is 102 Å². The minimum atomic E-state index is 0.347. The Bertz CT molecular complexity index is 340. The van der Waals surface area contributed by atoms with E-state index in [2.05, 4.69) is 36.1 Å². The number of likely N-dealkylation sites (tertiary alicyclic amines) is 1. The lowest BCUT2D eigenvalue weighted by atomic mass is 9.90. The Hall–Kier alpha value is -0.450. The van der Waals surface area contributed by atoms with Gasteiger partial charge < -0.3 is 5.32 Å². The first-order chi connectivity index (χ1) is 7.61. The van der Waals surface area contributed by atoms with E-state index in [1.54, 1.807) is 0 Å². The number of nitrogens with zero attached hydrogens (tertiary/aromatic N) is 2. The lowest BCUT2D eigenvalue weighted by Gasteiger charge is -2.39. The molecule has 0 amide bonds. The molecular weight excluding hydrogens is 218 g/mol. The lowest BCUT2D eigenvalue weighted by molar-refractivity contribution is 0.147. The predicted molar refractivity (Wildman–Crippen MR) is 68.8 cm³/mol. The third-order valence-electron chi connectivity index (χ3n) is 3.61. The number of hydrogen-bond acceptors (Lipinski definition) is 4. The summed E-state index contributed by atoms with van der Waals surface area (Å²) in [4.78, 5) is 8.23. The molecule has 0 atom stereocenters. The van der Waals surface area contributed by atoms with E-state index in [1.807, 2.05) is 17.5 Å². The van der Waals surface area contributed by atoms with Gasteiger partial charge in [-0.3, -0.25) is 4.90 Å². The van der Waals surface area contributed by atoms with Crippen LogP contribution in [0.3, 0.4) is 0 Å². The fourth-order valence-electron chi connectivity index (χ4n) is 2.15. The van der Waals surface area contributed by atoms with Crippen LogP contribution in [0.25, 0.3) is 0 Å². The van der Waals surface area contributed by atoms with Crippen molar-refractivity contribution < 1.29 is 0 Å². The molecule has 2 heterocycles. The summed E-state index contributed by atoms with van der Waals surface area (Å²) in [5.41, 5.74) is 0.347. The molecular formula is C12H21N3S. The van der Waals surface area contributed by atoms with Crippen LogP contribution in [0.5, 0.6) is 0 Å². The Balaban J connectivity index is 1.86. The molecule has 1 fully saturated rings. The molecule has 0 bridgehead atoms. The van der Waals surface area contributed by atoms with Gasteiger partial charge in [0, 0.05) is 36.2 Å². The van der Waals surface area contributed by atoms with Gasteiger partial charge in [0.2, 0.25) is 0 Å². The average Bonchev–Trinajstić information content (AvgIpc) is 2.68. The van der Waals surface area contributed by atoms with Crippen LogP contribution < -0.4 is 5.32 Å². The van der Waals surface area contributed by atoms with Crippen molar-refractivity contribution in [2.24, 2.45) is 0 Å². The molecule has 16 heavy (non-hydrogen) atoms. The Kier molecular flexibility index (Phi) is 3.62. The van der Waals surface area contributed by atoms with Crippen molar-refractivity contribution in [2.45, 2.75) is 38.8 Å². The Morgan fingerprint density at radius 2 is 2.19 bits per heavy atom. The highest BCUT2D eigenvalue weighted by molar-refractivity contribution is 7.11. The van der Waals surface area contributed by atoms with E-state index in [0.29, 0.717) is 5.54 Å². The summed E-state index contributed by atoms with van der Waals surface area (Å²) in [6, 6.07) is 0. The molecule has 0 aliphatic carbocycles. The van der Waals surface area contributed by atoms with Gasteiger partial charge in [0.15, 0.2) is 0 Å². The van der Waals surface area contributed by atoms with Gasteiger partial charge in [0.25, 0.3) is 0 Å². The largest absolute Gasteiger partial charge is 0.314 e. The maximum Gasteiger partial charge on any atom is 0.0897 e. The van der Waals surface area contributed by atoms with E-state index in [-0.39, 0.29) is 0 Å². The van der Waals surface area contributed by atoms with Crippen LogP contribution in [0.15, 0.2) is 6.20 Å². The van der Waals surface area contributed by atoms with Gasteiger partial charge in [-0.15, -0.1) is 11.3 Å². The van der Waals surface area contributed by atoms with Crippen LogP contribution in [-0.2, 0) is 6.54 Å². The SMILES string of the molecule is CNC1(C)CCN(Cc2cnc(C)s2)CC1. The Morgan fingerprint density at radius 1 is 1.50 bits per heavy atom. The Morgan fingerprint density at radius 3 is 2.69 bits per heavy atom. The van der Waals surface area contributed by atoms with Crippen molar-refractivity contribution in [3.63, 3.8) is 0 Å². The second-order valence-electron chi connectivity index (χ2n) is 4.93. The smallest absolute Gasteiger partial charge is 0.0897 e. The molecule has 90 valence electrons. The van der Waals surface area contributed by atoms with Crippen LogP contribution in [0, 0.1) is 6.92 Å². The monoisotopic (exact) mass is 239 g/mol. The van der Waals surface area contributed by atoms with Crippen LogP contribution in [0.2, 0.25) is 0 Å². The zero-order valence-corrected chi connectivity index (χ0v) is 11.2. The van der Waals surface area contributed by atoms with Crippen molar-refractivity contribution in [3.05, 3.63) is 16.1 Å². The zero-order valence-electron chi connectivity index (χ0n) is 10.4. The van der Waals surface area contributed by atoms with Crippen molar-refractivity contribution in [1.82, 2.24) is 15.2 Å². The molecule has 2 rings (SSSR count). The van der Waals surface area contributed by atoms with E-state index in [0.717, 1.165) is 6.54 Å². The summed E-state index contributed by atoms with van der Waals surface area (Å²) in [6.07, 6.45) is 4.49. The standard InChI is InChI=1S/C12H21N3S/c1-10-14-8-11(16-10)9-15-6-4-12(2,13-3)5-7-15/h8,13H,4-7,9H2,1-3H3. The van der Waals surface area contributed by atoms with Crippen LogP contribution >= 0.6 is 11.3 Å². The predicted octanol–water partition coefficient (Wildman–Crippen LogP) is 2.03. The number of aryl methyl sites for hydroxylation is 1. The summed E-state index contributed by atoms with van der Waals surface area (Å²) in [5, 5.41) is 4.61. The van der Waals surface area contributed by atoms with E-state index in [1.165, 1.54) is 35.8 Å². The molecule has 1 aromatic rings. The van der Waals surface area contributed by atoms with Crippen molar-refractivity contribution in [1.29, 1.82) is 0 Å². The highest BCUT2D eigenvalue weighted by atomic mass is 32.1. The number of rotatable bonds is 3. The molecule has 4 heteroatoms. The molecule has 1 aliphatic rings. The lowest BCUT2D eigenvalue weighted by Crippen LogP contribution is -2.49. The molecule has 0 aromatic carbocycles. The fraction of sp³-hybridized carbons (Fsp3) is 0.750. The third kappa shape index (κ3) is 2.81. The molecule has 1 aliphatic heterocycles. The number of thiazole rings is 1. The van der Waals surface area contributed by atoms with Crippen LogP contribution in [0.4, 0.5) is 0 Å². The fourth-order valence-corrected chi connectivity index (χ4v) is 2.99. The number of aromatic nitrogens is 1. The first kappa shape index (κ1) is 12.0. The van der Waals surface area contributed by atoms with Crippen molar-refractivity contribution in [3.8, 4) is 0 Å². The minimum absolute atomic E-state index is 0.347. The minimum Gasteiger partial charge on any atom is -0.314 e. The molecule has 3 nitrogen and oxygen atoms in total. The zero-order chi connectivity index (χ0) is 11.6. The van der Waals surface area contributed by atoms with Gasteiger partial charge >= 0.3 is 0 Å². The highest BCUT2D eigenvalue weighted by Crippen LogP contribution is 2.23. The third-order valence-corrected chi connectivity index (χ3v) is 4.51. The molecule has 0 radical (unpaired) electrons. The van der Waals surface area contributed by atoms with E-state index in [9.17, 15) is 0 Å². The summed E-state index contributed by atoms with van der Waals surface area (Å²) >= 11 is 1.82. The molecule has 0 spiro atoms. The number of piperidine rings is 1. The number of nitrogens with one attached hydrogen (secondary N) is 1. The van der Waals surface area contributed by atoms with Crippen molar-refractivity contribution >= 4 is 11.3 Å². The van der Waals surface area contributed by atoms with E-state index >= 15 is 0 Å². The molecule has 0 unspecified atom stereocenters. The van der Waals surface area contributed by atoms with Gasteiger partial charge in [-0.25, -0.2) is 4.98 Å². The van der Waals surface area contributed by atoms with E-state index in [4.69, 9.17) is 0 Å². The van der Waals surface area contributed by atoms with Gasteiger partial charge in [0.1, 0.15) is 0 Å². The molecule has 1 saturated heterocycles. The van der Waals surface area contributed by atoms with Gasteiger partial charge in [0.05, 0.1) is 5.01 Å². The summed E-state index contributed by atoms with van der Waals surface area (Å²) in [7, 11) is 2.07. The first-order valence-corrected chi connectivity index (χ1v) is 6.75. The van der Waals surface area contributed by atoms with Crippen LogP contribution in [0.1, 0.15) is 29.7 Å². The van der Waals surface area contributed by atoms with Crippen molar-refractivity contribution in [2.75, 3.05) is 20.1 Å². The molecule has 0 saturated carbocycles. The van der Waals surface area contributed by atoms with Gasteiger partial charge in [-0.05, 0) is 33.7 Å². The summed E-state index contributed by atoms with van der Waals surface area (Å²) in [5.74, 6) is 0. The van der Waals surface area contributed by atoms with Crippen LogP contribution in [-0.4, -0.2) is 35.6 Å².